The number of halogens is 2. The Morgan fingerprint density at radius 3 is 2.75 bits per heavy atom. The smallest absolute Gasteiger partial charge is 0.159 e. The van der Waals surface area contributed by atoms with Gasteiger partial charge in [0.05, 0.1) is 6.10 Å². The lowest BCUT2D eigenvalue weighted by molar-refractivity contribution is 0.147. The molecule has 2 nitrogen and oxygen atoms in total. The average Bonchev–Trinajstić information content (AvgIpc) is 2.38. The lowest BCUT2D eigenvalue weighted by Crippen LogP contribution is -2.39. The largest absolute Gasteiger partial charge is 0.387 e. The summed E-state index contributed by atoms with van der Waals surface area (Å²) in [6.07, 6.45) is 3.80. The van der Waals surface area contributed by atoms with Crippen molar-refractivity contribution in [2.24, 2.45) is 5.41 Å². The molecule has 1 fully saturated rings. The fraction of sp³-hybridized carbons (Fsp3) is 0.625. The van der Waals surface area contributed by atoms with Crippen LogP contribution in [0, 0.1) is 17.0 Å². The Balaban J connectivity index is 1.88. The highest BCUT2D eigenvalue weighted by Gasteiger charge is 2.27. The summed E-state index contributed by atoms with van der Waals surface area (Å²) in [5.74, 6) is -1.80. The van der Waals surface area contributed by atoms with Gasteiger partial charge in [0.15, 0.2) is 11.6 Å². The number of hydrogen-bond acceptors (Lipinski definition) is 2. The third-order valence-electron chi connectivity index (χ3n) is 4.13. The standard InChI is InChI=1S/C16H23F2NO/c1-16(2)7-3-4-12(9-16)19-10-15(20)11-5-6-13(17)14(18)8-11/h5-6,8,12,15,19-20H,3-4,7,9-10H2,1-2H3. The Kier molecular flexibility index (Phi) is 4.76. The van der Waals surface area contributed by atoms with E-state index in [1.807, 2.05) is 0 Å². The van der Waals surface area contributed by atoms with E-state index in [4.69, 9.17) is 0 Å². The van der Waals surface area contributed by atoms with Crippen LogP contribution in [0.15, 0.2) is 18.2 Å². The molecule has 0 aliphatic heterocycles. The fourth-order valence-electron chi connectivity index (χ4n) is 2.99. The van der Waals surface area contributed by atoms with Gasteiger partial charge in [-0.3, -0.25) is 0 Å². The maximum Gasteiger partial charge on any atom is 0.159 e. The molecule has 1 aromatic rings. The van der Waals surface area contributed by atoms with Crippen LogP contribution in [0.2, 0.25) is 0 Å². The molecule has 2 rings (SSSR count). The van der Waals surface area contributed by atoms with Crippen molar-refractivity contribution in [3.05, 3.63) is 35.4 Å². The second kappa shape index (κ2) is 6.19. The minimum absolute atomic E-state index is 0.336. The first-order valence-corrected chi connectivity index (χ1v) is 7.24. The average molecular weight is 283 g/mol. The van der Waals surface area contributed by atoms with Crippen LogP contribution in [0.25, 0.3) is 0 Å². The Labute approximate surface area is 119 Å². The normalized spacial score (nSPS) is 23.6. The van der Waals surface area contributed by atoms with Crippen LogP contribution in [-0.4, -0.2) is 17.7 Å². The number of aliphatic hydroxyl groups is 1. The molecule has 2 unspecified atom stereocenters. The first kappa shape index (κ1) is 15.4. The highest BCUT2D eigenvalue weighted by Crippen LogP contribution is 2.35. The number of aliphatic hydroxyl groups excluding tert-OH is 1. The summed E-state index contributed by atoms with van der Waals surface area (Å²) in [6, 6.07) is 3.93. The van der Waals surface area contributed by atoms with E-state index in [1.165, 1.54) is 18.9 Å². The van der Waals surface area contributed by atoms with Crippen LogP contribution in [0.5, 0.6) is 0 Å². The highest BCUT2D eigenvalue weighted by atomic mass is 19.2. The van der Waals surface area contributed by atoms with Crippen molar-refractivity contribution in [3.63, 3.8) is 0 Å². The van der Waals surface area contributed by atoms with Gasteiger partial charge in [0.25, 0.3) is 0 Å². The van der Waals surface area contributed by atoms with Crippen molar-refractivity contribution in [1.82, 2.24) is 5.32 Å². The van der Waals surface area contributed by atoms with Crippen molar-refractivity contribution in [1.29, 1.82) is 0 Å². The molecule has 0 bridgehead atoms. The van der Waals surface area contributed by atoms with E-state index in [0.717, 1.165) is 25.0 Å². The minimum Gasteiger partial charge on any atom is -0.387 e. The molecular formula is C16H23F2NO. The molecule has 1 aliphatic rings. The summed E-state index contributed by atoms with van der Waals surface area (Å²) < 4.78 is 26.0. The third-order valence-corrected chi connectivity index (χ3v) is 4.13. The molecule has 1 aromatic carbocycles. The summed E-state index contributed by atoms with van der Waals surface area (Å²) in [6.45, 7) is 4.88. The van der Waals surface area contributed by atoms with Crippen molar-refractivity contribution < 1.29 is 13.9 Å². The molecule has 0 saturated heterocycles. The van der Waals surface area contributed by atoms with Gasteiger partial charge in [0.2, 0.25) is 0 Å². The molecule has 0 spiro atoms. The molecule has 2 N–H and O–H groups in total. The monoisotopic (exact) mass is 283 g/mol. The molecule has 0 amide bonds. The van der Waals surface area contributed by atoms with Gasteiger partial charge in [-0.05, 0) is 42.4 Å². The zero-order valence-electron chi connectivity index (χ0n) is 12.1. The first-order chi connectivity index (χ1) is 9.37. The second-order valence-corrected chi connectivity index (χ2v) is 6.56. The zero-order chi connectivity index (χ0) is 14.8. The summed E-state index contributed by atoms with van der Waals surface area (Å²) >= 11 is 0. The van der Waals surface area contributed by atoms with Crippen molar-refractivity contribution in [3.8, 4) is 0 Å². The second-order valence-electron chi connectivity index (χ2n) is 6.56. The quantitative estimate of drug-likeness (QED) is 0.885. The van der Waals surface area contributed by atoms with Crippen LogP contribution in [0.3, 0.4) is 0 Å². The summed E-state index contributed by atoms with van der Waals surface area (Å²) in [7, 11) is 0. The topological polar surface area (TPSA) is 32.3 Å². The number of nitrogens with one attached hydrogen (secondary N) is 1. The van der Waals surface area contributed by atoms with Crippen LogP contribution in [0.1, 0.15) is 51.2 Å². The van der Waals surface area contributed by atoms with E-state index < -0.39 is 17.7 Å². The van der Waals surface area contributed by atoms with Gasteiger partial charge in [-0.2, -0.15) is 0 Å². The number of hydrogen-bond donors (Lipinski definition) is 2. The van der Waals surface area contributed by atoms with Crippen LogP contribution in [-0.2, 0) is 0 Å². The van der Waals surface area contributed by atoms with E-state index in [2.05, 4.69) is 19.2 Å². The molecule has 1 aliphatic carbocycles. The minimum atomic E-state index is -0.916. The first-order valence-electron chi connectivity index (χ1n) is 7.24. The van der Waals surface area contributed by atoms with Gasteiger partial charge in [0, 0.05) is 12.6 Å². The van der Waals surface area contributed by atoms with Gasteiger partial charge in [-0.25, -0.2) is 8.78 Å². The Hall–Kier alpha value is -1.00. The van der Waals surface area contributed by atoms with Gasteiger partial charge in [-0.1, -0.05) is 26.3 Å². The van der Waals surface area contributed by atoms with Crippen LogP contribution < -0.4 is 5.32 Å². The molecule has 2 atom stereocenters. The summed E-state index contributed by atoms with van der Waals surface area (Å²) in [5, 5.41) is 13.4. The molecule has 20 heavy (non-hydrogen) atoms. The summed E-state index contributed by atoms with van der Waals surface area (Å²) in [5.41, 5.74) is 0.745. The van der Waals surface area contributed by atoms with E-state index in [-0.39, 0.29) is 0 Å². The van der Waals surface area contributed by atoms with Crippen LogP contribution in [0.4, 0.5) is 8.78 Å². The maximum atomic E-state index is 13.1. The fourth-order valence-corrected chi connectivity index (χ4v) is 2.99. The lowest BCUT2D eigenvalue weighted by Gasteiger charge is -2.36. The molecule has 0 aromatic heterocycles. The molecule has 0 heterocycles. The highest BCUT2D eigenvalue weighted by molar-refractivity contribution is 5.20. The zero-order valence-corrected chi connectivity index (χ0v) is 12.1. The van der Waals surface area contributed by atoms with Gasteiger partial charge < -0.3 is 10.4 Å². The number of benzene rings is 1. The van der Waals surface area contributed by atoms with E-state index in [1.54, 1.807) is 0 Å². The van der Waals surface area contributed by atoms with Crippen molar-refractivity contribution in [2.45, 2.75) is 51.7 Å². The van der Waals surface area contributed by atoms with Gasteiger partial charge in [-0.15, -0.1) is 0 Å². The predicted molar refractivity (Wildman–Crippen MR) is 75.4 cm³/mol. The third kappa shape index (κ3) is 4.00. The number of rotatable bonds is 4. The van der Waals surface area contributed by atoms with Gasteiger partial charge >= 0.3 is 0 Å². The SMILES string of the molecule is CC1(C)CCCC(NCC(O)c2ccc(F)c(F)c2)C1. The van der Waals surface area contributed by atoms with E-state index in [9.17, 15) is 13.9 Å². The Morgan fingerprint density at radius 2 is 2.10 bits per heavy atom. The molecule has 0 radical (unpaired) electrons. The van der Waals surface area contributed by atoms with E-state index in [0.29, 0.717) is 23.6 Å². The molecule has 1 saturated carbocycles. The van der Waals surface area contributed by atoms with Crippen molar-refractivity contribution >= 4 is 0 Å². The lowest BCUT2D eigenvalue weighted by atomic mass is 9.75. The molecular weight excluding hydrogens is 260 g/mol. The Morgan fingerprint density at radius 1 is 1.35 bits per heavy atom. The Bertz CT molecular complexity index is 462. The van der Waals surface area contributed by atoms with Crippen LogP contribution >= 0.6 is 0 Å². The van der Waals surface area contributed by atoms with Gasteiger partial charge in [0.1, 0.15) is 0 Å². The van der Waals surface area contributed by atoms with Crippen molar-refractivity contribution in [2.75, 3.05) is 6.54 Å². The predicted octanol–water partition coefficient (Wildman–Crippen LogP) is 3.56. The van der Waals surface area contributed by atoms with E-state index >= 15 is 0 Å². The summed E-state index contributed by atoms with van der Waals surface area (Å²) in [4.78, 5) is 0. The molecule has 4 heteroatoms. The molecule has 112 valence electrons. The maximum absolute atomic E-state index is 13.1.